The van der Waals surface area contributed by atoms with Gasteiger partial charge in [-0.15, -0.1) is 0 Å². The van der Waals surface area contributed by atoms with Gasteiger partial charge in [0.05, 0.1) is 30.1 Å². The molecule has 0 unspecified atom stereocenters. The fourth-order valence-corrected chi connectivity index (χ4v) is 5.70. The Bertz CT molecular complexity index is 974. The predicted octanol–water partition coefficient (Wildman–Crippen LogP) is 0.976. The van der Waals surface area contributed by atoms with Crippen molar-refractivity contribution in [2.75, 3.05) is 66.1 Å². The van der Waals surface area contributed by atoms with Crippen LogP contribution in [0.3, 0.4) is 0 Å². The number of sulfonamides is 1. The Morgan fingerprint density at radius 1 is 1.18 bits per heavy atom. The summed E-state index contributed by atoms with van der Waals surface area (Å²) in [7, 11) is -2.66. The molecule has 190 valence electrons. The van der Waals surface area contributed by atoms with E-state index in [4.69, 9.17) is 9.47 Å². The van der Waals surface area contributed by atoms with E-state index in [1.54, 1.807) is 4.90 Å². The van der Waals surface area contributed by atoms with Gasteiger partial charge in [-0.3, -0.25) is 15.0 Å². The quantitative estimate of drug-likeness (QED) is 0.413. The summed E-state index contributed by atoms with van der Waals surface area (Å²) >= 11 is 0. The van der Waals surface area contributed by atoms with Crippen molar-refractivity contribution in [3.05, 3.63) is 28.3 Å². The molecule has 12 nitrogen and oxygen atoms in total. The van der Waals surface area contributed by atoms with Crippen LogP contribution >= 0.6 is 0 Å². The van der Waals surface area contributed by atoms with Gasteiger partial charge in [-0.1, -0.05) is 13.8 Å². The van der Waals surface area contributed by atoms with Crippen molar-refractivity contribution in [2.45, 2.75) is 24.8 Å². The van der Waals surface area contributed by atoms with Gasteiger partial charge in [0, 0.05) is 57.9 Å². The fraction of sp³-hybridized carbons (Fsp3) is 0.667. The minimum absolute atomic E-state index is 0.0118. The van der Waals surface area contributed by atoms with Crippen molar-refractivity contribution in [3.8, 4) is 5.75 Å². The molecule has 3 rings (SSSR count). The van der Waals surface area contributed by atoms with E-state index in [0.717, 1.165) is 19.2 Å². The number of nitrogens with one attached hydrogen (secondary N) is 1. The third kappa shape index (κ3) is 5.95. The number of hydrogen-bond donors (Lipinski definition) is 1. The maximum Gasteiger partial charge on any atom is 0.317 e. The highest BCUT2D eigenvalue weighted by atomic mass is 32.2. The number of amides is 2. The van der Waals surface area contributed by atoms with Crippen LogP contribution in [0.15, 0.2) is 23.1 Å². The maximum absolute atomic E-state index is 13.0. The average Bonchev–Trinajstić information content (AvgIpc) is 2.84. The first-order chi connectivity index (χ1) is 16.1. The van der Waals surface area contributed by atoms with Gasteiger partial charge in [0.15, 0.2) is 5.75 Å². The minimum Gasteiger partial charge on any atom is -0.490 e. The van der Waals surface area contributed by atoms with E-state index < -0.39 is 20.6 Å². The zero-order valence-electron chi connectivity index (χ0n) is 19.8. The van der Waals surface area contributed by atoms with Crippen LogP contribution in [0.25, 0.3) is 0 Å². The van der Waals surface area contributed by atoms with Crippen LogP contribution in [-0.2, 0) is 14.8 Å². The molecule has 2 heterocycles. The molecular formula is C21H33N5O7S. The SMILES string of the molecule is COc1ccc(S(=O)(=O)N2CCN(C(=O)NC[C@H](C(C)C)N3CCOCC3)CC2)cc1[N+](=O)[O-]. The normalized spacial score (nSPS) is 19.1. The molecule has 1 aromatic rings. The fourth-order valence-electron chi connectivity index (χ4n) is 4.25. The van der Waals surface area contributed by atoms with Crippen molar-refractivity contribution < 1.29 is 27.6 Å². The molecule has 1 N–H and O–H groups in total. The van der Waals surface area contributed by atoms with Crippen LogP contribution in [0.5, 0.6) is 5.75 Å². The number of morpholine rings is 1. The molecule has 2 aliphatic rings. The lowest BCUT2D eigenvalue weighted by molar-refractivity contribution is -0.386. The Hall–Kier alpha value is -2.48. The molecule has 2 saturated heterocycles. The van der Waals surface area contributed by atoms with E-state index in [1.165, 1.54) is 23.5 Å². The first-order valence-corrected chi connectivity index (χ1v) is 12.8. The summed E-state index contributed by atoms with van der Waals surface area (Å²) in [6, 6.07) is 3.54. The monoisotopic (exact) mass is 499 g/mol. The van der Waals surface area contributed by atoms with Crippen molar-refractivity contribution in [1.29, 1.82) is 0 Å². The van der Waals surface area contributed by atoms with Crippen LogP contribution in [0.4, 0.5) is 10.5 Å². The topological polar surface area (TPSA) is 135 Å². The number of rotatable bonds is 8. The molecule has 2 amide bonds. The van der Waals surface area contributed by atoms with Crippen LogP contribution in [0.1, 0.15) is 13.8 Å². The zero-order valence-corrected chi connectivity index (χ0v) is 20.6. The van der Waals surface area contributed by atoms with Gasteiger partial charge in [-0.25, -0.2) is 13.2 Å². The molecule has 0 radical (unpaired) electrons. The molecule has 1 atom stereocenters. The Morgan fingerprint density at radius 2 is 1.82 bits per heavy atom. The van der Waals surface area contributed by atoms with E-state index in [0.29, 0.717) is 25.7 Å². The zero-order chi connectivity index (χ0) is 24.9. The number of piperazine rings is 1. The van der Waals surface area contributed by atoms with Gasteiger partial charge in [0.25, 0.3) is 0 Å². The third-order valence-electron chi connectivity index (χ3n) is 6.26. The lowest BCUT2D eigenvalue weighted by atomic mass is 10.0. The van der Waals surface area contributed by atoms with E-state index >= 15 is 0 Å². The van der Waals surface area contributed by atoms with E-state index in [9.17, 15) is 23.3 Å². The molecule has 0 bridgehead atoms. The number of nitro groups is 1. The summed E-state index contributed by atoms with van der Waals surface area (Å²) in [6.45, 7) is 8.45. The largest absolute Gasteiger partial charge is 0.490 e. The highest BCUT2D eigenvalue weighted by molar-refractivity contribution is 7.89. The van der Waals surface area contributed by atoms with Crippen LogP contribution in [0.2, 0.25) is 0 Å². The number of benzene rings is 1. The van der Waals surface area contributed by atoms with Crippen molar-refractivity contribution in [3.63, 3.8) is 0 Å². The second-order valence-electron chi connectivity index (χ2n) is 8.63. The smallest absolute Gasteiger partial charge is 0.317 e. The first-order valence-electron chi connectivity index (χ1n) is 11.3. The number of hydrogen-bond acceptors (Lipinski definition) is 8. The molecule has 1 aromatic carbocycles. The summed E-state index contributed by atoms with van der Waals surface area (Å²) in [6.07, 6.45) is 0. The molecule has 0 aromatic heterocycles. The van der Waals surface area contributed by atoms with Gasteiger partial charge in [-0.2, -0.15) is 4.31 Å². The van der Waals surface area contributed by atoms with E-state index in [1.807, 2.05) is 0 Å². The molecule has 0 spiro atoms. The number of ether oxygens (including phenoxy) is 2. The second kappa shape index (κ2) is 11.3. The molecule has 0 saturated carbocycles. The van der Waals surface area contributed by atoms with Crippen molar-refractivity contribution in [1.82, 2.24) is 19.4 Å². The van der Waals surface area contributed by atoms with E-state index in [2.05, 4.69) is 24.1 Å². The summed E-state index contributed by atoms with van der Waals surface area (Å²) in [5.41, 5.74) is -0.415. The molecule has 2 fully saturated rings. The number of nitrogens with zero attached hydrogens (tertiary/aromatic N) is 4. The number of urea groups is 1. The minimum atomic E-state index is -3.95. The van der Waals surface area contributed by atoms with Crippen LogP contribution in [0, 0.1) is 16.0 Å². The lowest BCUT2D eigenvalue weighted by Gasteiger charge is -2.38. The summed E-state index contributed by atoms with van der Waals surface area (Å²) in [5.74, 6) is 0.344. The second-order valence-corrected chi connectivity index (χ2v) is 10.6. The maximum atomic E-state index is 13.0. The summed E-state index contributed by atoms with van der Waals surface area (Å²) < 4.78 is 37.7. The predicted molar refractivity (Wildman–Crippen MR) is 124 cm³/mol. The van der Waals surface area contributed by atoms with Gasteiger partial charge in [0.2, 0.25) is 10.0 Å². The Balaban J connectivity index is 1.58. The highest BCUT2D eigenvalue weighted by Gasteiger charge is 2.32. The molecule has 13 heteroatoms. The first kappa shape index (κ1) is 26.1. The number of methoxy groups -OCH3 is 1. The highest BCUT2D eigenvalue weighted by Crippen LogP contribution is 2.30. The van der Waals surface area contributed by atoms with Gasteiger partial charge < -0.3 is 19.7 Å². The summed E-state index contributed by atoms with van der Waals surface area (Å²) in [4.78, 5) is 27.1. The van der Waals surface area contributed by atoms with E-state index in [-0.39, 0.29) is 48.9 Å². The lowest BCUT2D eigenvalue weighted by Crippen LogP contribution is -2.56. The number of carbonyl (C=O) groups is 1. The number of nitro benzene ring substituents is 1. The average molecular weight is 500 g/mol. The Kier molecular flexibility index (Phi) is 8.68. The van der Waals surface area contributed by atoms with Gasteiger partial charge in [-0.05, 0) is 18.1 Å². The van der Waals surface area contributed by atoms with Crippen molar-refractivity contribution in [2.24, 2.45) is 5.92 Å². The Morgan fingerprint density at radius 3 is 2.38 bits per heavy atom. The molecule has 34 heavy (non-hydrogen) atoms. The summed E-state index contributed by atoms with van der Waals surface area (Å²) in [5, 5.41) is 14.3. The van der Waals surface area contributed by atoms with Crippen molar-refractivity contribution >= 4 is 21.7 Å². The Labute approximate surface area is 200 Å². The van der Waals surface area contributed by atoms with Gasteiger partial charge in [0.1, 0.15) is 0 Å². The third-order valence-corrected chi connectivity index (χ3v) is 8.15. The molecule has 0 aliphatic carbocycles. The molecule has 2 aliphatic heterocycles. The molecular weight excluding hydrogens is 466 g/mol. The number of carbonyl (C=O) groups excluding carboxylic acids is 1. The standard InChI is InChI=1S/C21H33N5O7S/c1-16(2)19(23-10-12-33-13-11-23)15-22-21(27)24-6-8-25(9-7-24)34(30,31)17-4-5-20(32-3)18(14-17)26(28)29/h4-5,14,16,19H,6-13,15H2,1-3H3,(H,22,27)/t19-/m1/s1. The van der Waals surface area contributed by atoms with Crippen LogP contribution in [-0.4, -0.2) is 106 Å². The van der Waals surface area contributed by atoms with Crippen LogP contribution < -0.4 is 10.1 Å². The van der Waals surface area contributed by atoms with Gasteiger partial charge >= 0.3 is 11.7 Å².